The van der Waals surface area contributed by atoms with Crippen LogP contribution in [0.2, 0.25) is 5.15 Å². The van der Waals surface area contributed by atoms with Gasteiger partial charge in [0.05, 0.1) is 11.7 Å². The first kappa shape index (κ1) is 13.4. The molecule has 1 rings (SSSR count). The molecular formula is C10H13BrClN3O. The van der Waals surface area contributed by atoms with E-state index in [0.29, 0.717) is 5.69 Å². The minimum absolute atomic E-state index is 0.0684. The van der Waals surface area contributed by atoms with E-state index in [1.54, 1.807) is 12.3 Å². The van der Waals surface area contributed by atoms with Crippen LogP contribution >= 0.6 is 27.5 Å². The predicted octanol–water partition coefficient (Wildman–Crippen LogP) is 2.42. The Hall–Kier alpha value is -0.650. The van der Waals surface area contributed by atoms with Gasteiger partial charge >= 0.3 is 0 Å². The monoisotopic (exact) mass is 305 g/mol. The topological polar surface area (TPSA) is 68.0 Å². The summed E-state index contributed by atoms with van der Waals surface area (Å²) in [6.07, 6.45) is 1.56. The molecule has 0 aliphatic heterocycles. The van der Waals surface area contributed by atoms with Crippen molar-refractivity contribution in [1.82, 2.24) is 4.98 Å². The standard InChI is InChI=1S/C10H13BrClN3O/c1-5(2)8(13)10(16)15-7-3-6(11)4-14-9(7)12/h3-5,8H,13H2,1-2H3,(H,15,16)/t8-/m1/s1. The molecule has 0 fully saturated rings. The lowest BCUT2D eigenvalue weighted by molar-refractivity contribution is -0.118. The molecular weight excluding hydrogens is 293 g/mol. The first-order valence-electron chi connectivity index (χ1n) is 4.79. The first-order valence-corrected chi connectivity index (χ1v) is 5.96. The number of carbonyl (C=O) groups is 1. The first-order chi connectivity index (χ1) is 7.41. The zero-order chi connectivity index (χ0) is 12.3. The molecule has 0 aliphatic rings. The highest BCUT2D eigenvalue weighted by Crippen LogP contribution is 2.23. The van der Waals surface area contributed by atoms with Gasteiger partial charge in [-0.1, -0.05) is 25.4 Å². The molecule has 0 radical (unpaired) electrons. The Labute approximate surface area is 108 Å². The molecule has 88 valence electrons. The van der Waals surface area contributed by atoms with E-state index in [9.17, 15) is 4.79 Å². The van der Waals surface area contributed by atoms with Crippen LogP contribution in [0.15, 0.2) is 16.7 Å². The lowest BCUT2D eigenvalue weighted by atomic mass is 10.1. The van der Waals surface area contributed by atoms with Gasteiger partial charge in [-0.25, -0.2) is 4.98 Å². The molecule has 1 heterocycles. The van der Waals surface area contributed by atoms with Crippen molar-refractivity contribution in [1.29, 1.82) is 0 Å². The Bertz CT molecular complexity index is 398. The highest BCUT2D eigenvalue weighted by molar-refractivity contribution is 9.10. The number of carbonyl (C=O) groups excluding carboxylic acids is 1. The molecule has 1 aromatic heterocycles. The number of nitrogens with two attached hydrogens (primary N) is 1. The summed E-state index contributed by atoms with van der Waals surface area (Å²) < 4.78 is 0.741. The van der Waals surface area contributed by atoms with Crippen molar-refractivity contribution in [2.75, 3.05) is 5.32 Å². The fourth-order valence-electron chi connectivity index (χ4n) is 1.03. The number of nitrogens with zero attached hydrogens (tertiary/aromatic N) is 1. The summed E-state index contributed by atoms with van der Waals surface area (Å²) in [4.78, 5) is 15.6. The Morgan fingerprint density at radius 2 is 2.25 bits per heavy atom. The number of hydrogen-bond acceptors (Lipinski definition) is 3. The number of aromatic nitrogens is 1. The molecule has 0 aliphatic carbocycles. The molecule has 1 aromatic rings. The minimum Gasteiger partial charge on any atom is -0.322 e. The third-order valence-corrected chi connectivity index (χ3v) is 2.82. The van der Waals surface area contributed by atoms with E-state index in [-0.39, 0.29) is 17.0 Å². The lowest BCUT2D eigenvalue weighted by Gasteiger charge is -2.15. The van der Waals surface area contributed by atoms with E-state index >= 15 is 0 Å². The summed E-state index contributed by atoms with van der Waals surface area (Å²) in [6.45, 7) is 3.76. The van der Waals surface area contributed by atoms with Crippen molar-refractivity contribution in [3.05, 3.63) is 21.9 Å². The molecule has 0 bridgehead atoms. The molecule has 3 N–H and O–H groups in total. The second-order valence-corrected chi connectivity index (χ2v) is 5.02. The highest BCUT2D eigenvalue weighted by atomic mass is 79.9. The zero-order valence-electron chi connectivity index (χ0n) is 9.00. The Balaban J connectivity index is 2.80. The summed E-state index contributed by atoms with van der Waals surface area (Å²) in [5, 5.41) is 2.89. The van der Waals surface area contributed by atoms with Crippen LogP contribution in [0.4, 0.5) is 5.69 Å². The van der Waals surface area contributed by atoms with Crippen LogP contribution < -0.4 is 11.1 Å². The van der Waals surface area contributed by atoms with Gasteiger partial charge in [0.2, 0.25) is 5.91 Å². The summed E-state index contributed by atoms with van der Waals surface area (Å²) in [7, 11) is 0. The number of pyridine rings is 1. The van der Waals surface area contributed by atoms with Gasteiger partial charge in [-0.15, -0.1) is 0 Å². The third kappa shape index (κ3) is 3.43. The zero-order valence-corrected chi connectivity index (χ0v) is 11.3. The number of rotatable bonds is 3. The second-order valence-electron chi connectivity index (χ2n) is 3.75. The summed E-state index contributed by atoms with van der Waals surface area (Å²) in [5.74, 6) is -0.198. The predicted molar refractivity (Wildman–Crippen MR) is 68.4 cm³/mol. The van der Waals surface area contributed by atoms with Crippen LogP contribution in [0, 0.1) is 5.92 Å². The van der Waals surface area contributed by atoms with E-state index < -0.39 is 6.04 Å². The van der Waals surface area contributed by atoms with Crippen LogP contribution in [0.5, 0.6) is 0 Å². The van der Waals surface area contributed by atoms with Crippen LogP contribution in [-0.2, 0) is 4.79 Å². The van der Waals surface area contributed by atoms with Crippen LogP contribution in [0.1, 0.15) is 13.8 Å². The highest BCUT2D eigenvalue weighted by Gasteiger charge is 2.18. The smallest absolute Gasteiger partial charge is 0.241 e. The average molecular weight is 307 g/mol. The van der Waals surface area contributed by atoms with Gasteiger partial charge in [-0.2, -0.15) is 0 Å². The van der Waals surface area contributed by atoms with Crippen molar-refractivity contribution in [3.63, 3.8) is 0 Å². The fourth-order valence-corrected chi connectivity index (χ4v) is 1.51. The molecule has 0 saturated heterocycles. The lowest BCUT2D eigenvalue weighted by Crippen LogP contribution is -2.39. The molecule has 1 amide bonds. The van der Waals surface area contributed by atoms with Gasteiger partial charge in [0.15, 0.2) is 5.15 Å². The molecule has 6 heteroatoms. The van der Waals surface area contributed by atoms with E-state index in [1.807, 2.05) is 13.8 Å². The quantitative estimate of drug-likeness (QED) is 0.843. The number of amides is 1. The molecule has 0 aromatic carbocycles. The molecule has 16 heavy (non-hydrogen) atoms. The van der Waals surface area contributed by atoms with Crippen molar-refractivity contribution >= 4 is 39.1 Å². The number of halogens is 2. The van der Waals surface area contributed by atoms with Gasteiger partial charge < -0.3 is 11.1 Å². The van der Waals surface area contributed by atoms with Gasteiger partial charge in [0, 0.05) is 10.7 Å². The molecule has 1 atom stereocenters. The van der Waals surface area contributed by atoms with Crippen molar-refractivity contribution < 1.29 is 4.79 Å². The Morgan fingerprint density at radius 3 is 2.81 bits per heavy atom. The number of anilines is 1. The summed E-state index contributed by atoms with van der Waals surface area (Å²) >= 11 is 9.09. The number of hydrogen-bond donors (Lipinski definition) is 2. The third-order valence-electron chi connectivity index (χ3n) is 2.08. The SMILES string of the molecule is CC(C)[C@@H](N)C(=O)Nc1cc(Br)cnc1Cl. The summed E-state index contributed by atoms with van der Waals surface area (Å²) in [6, 6.07) is 1.12. The van der Waals surface area contributed by atoms with Crippen molar-refractivity contribution in [2.24, 2.45) is 11.7 Å². The molecule has 4 nitrogen and oxygen atoms in total. The van der Waals surface area contributed by atoms with E-state index in [0.717, 1.165) is 4.47 Å². The molecule has 0 spiro atoms. The van der Waals surface area contributed by atoms with E-state index in [2.05, 4.69) is 26.2 Å². The van der Waals surface area contributed by atoms with Gasteiger partial charge in [0.1, 0.15) is 0 Å². The molecule has 0 unspecified atom stereocenters. The minimum atomic E-state index is -0.560. The average Bonchev–Trinajstić information content (AvgIpc) is 2.22. The molecule has 0 saturated carbocycles. The fraction of sp³-hybridized carbons (Fsp3) is 0.400. The maximum Gasteiger partial charge on any atom is 0.241 e. The maximum atomic E-state index is 11.7. The van der Waals surface area contributed by atoms with E-state index in [4.69, 9.17) is 17.3 Å². The van der Waals surface area contributed by atoms with Gasteiger partial charge in [0.25, 0.3) is 0 Å². The summed E-state index contributed by atoms with van der Waals surface area (Å²) in [5.41, 5.74) is 6.16. The van der Waals surface area contributed by atoms with Gasteiger partial charge in [-0.05, 0) is 27.9 Å². The van der Waals surface area contributed by atoms with E-state index in [1.165, 1.54) is 0 Å². The van der Waals surface area contributed by atoms with Crippen LogP contribution in [0.25, 0.3) is 0 Å². The second kappa shape index (κ2) is 5.61. The van der Waals surface area contributed by atoms with Crippen LogP contribution in [-0.4, -0.2) is 16.9 Å². The van der Waals surface area contributed by atoms with Crippen molar-refractivity contribution in [3.8, 4) is 0 Å². The van der Waals surface area contributed by atoms with Gasteiger partial charge in [-0.3, -0.25) is 4.79 Å². The largest absolute Gasteiger partial charge is 0.322 e. The van der Waals surface area contributed by atoms with Crippen molar-refractivity contribution in [2.45, 2.75) is 19.9 Å². The number of nitrogens with one attached hydrogen (secondary N) is 1. The normalized spacial score (nSPS) is 12.6. The Morgan fingerprint density at radius 1 is 1.62 bits per heavy atom. The maximum absolute atomic E-state index is 11.7. The van der Waals surface area contributed by atoms with Crippen LogP contribution in [0.3, 0.4) is 0 Å². The Kier molecular flexibility index (Phi) is 4.70.